The number of benzene rings is 2. The molecule has 0 saturated heterocycles. The molecule has 0 aromatic heterocycles. The van der Waals surface area contributed by atoms with Crippen molar-refractivity contribution in [2.75, 3.05) is 13.2 Å². The number of aryl methyl sites for hydroxylation is 1. The summed E-state index contributed by atoms with van der Waals surface area (Å²) in [5, 5.41) is 19.5. The van der Waals surface area contributed by atoms with Gasteiger partial charge < -0.3 is 19.7 Å². The molecule has 36 heavy (non-hydrogen) atoms. The maximum Gasteiger partial charge on any atom is 0.327 e. The molecule has 0 bridgehead atoms. The van der Waals surface area contributed by atoms with E-state index in [-0.39, 0.29) is 17.5 Å². The molecule has 0 spiro atoms. The number of rotatable bonds is 13. The highest BCUT2D eigenvalue weighted by Crippen LogP contribution is 2.35. The minimum Gasteiger partial charge on any atom is -0.507 e. The summed E-state index contributed by atoms with van der Waals surface area (Å²) >= 11 is 0. The molecule has 0 amide bonds. The molecule has 0 radical (unpaired) electrons. The number of aliphatic carboxylic acids is 1. The Bertz CT molecular complexity index is 1100. The van der Waals surface area contributed by atoms with Crippen molar-refractivity contribution in [2.24, 2.45) is 5.92 Å². The fourth-order valence-corrected chi connectivity index (χ4v) is 4.91. The highest BCUT2D eigenvalue weighted by molar-refractivity contribution is 5.97. The van der Waals surface area contributed by atoms with Gasteiger partial charge in [0.15, 0.2) is 5.78 Å². The molecule has 3 rings (SSSR count). The van der Waals surface area contributed by atoms with E-state index in [0.717, 1.165) is 44.3 Å². The predicted octanol–water partition coefficient (Wildman–Crippen LogP) is 6.09. The third kappa shape index (κ3) is 6.90. The summed E-state index contributed by atoms with van der Waals surface area (Å²) in [5.41, 5.74) is 4.89. The molecule has 2 N–H and O–H groups in total. The zero-order valence-corrected chi connectivity index (χ0v) is 21.6. The predicted molar refractivity (Wildman–Crippen MR) is 140 cm³/mol. The van der Waals surface area contributed by atoms with Crippen LogP contribution in [-0.4, -0.2) is 35.2 Å². The molecular formula is C30H38O6. The van der Waals surface area contributed by atoms with Gasteiger partial charge >= 0.3 is 5.97 Å². The number of Topliss-reactive ketones (excluding diaryl/α,β-unsaturated/α-hetero) is 1. The van der Waals surface area contributed by atoms with Gasteiger partial charge in [0.05, 0.1) is 18.8 Å². The Morgan fingerprint density at radius 3 is 2.28 bits per heavy atom. The second-order valence-corrected chi connectivity index (χ2v) is 9.43. The summed E-state index contributed by atoms with van der Waals surface area (Å²) in [6.45, 7) is 6.56. The first-order valence-electron chi connectivity index (χ1n) is 13.0. The number of carbonyl (C=O) groups is 2. The number of carbonyl (C=O) groups excluding carboxylic acids is 1. The van der Waals surface area contributed by atoms with E-state index < -0.39 is 5.97 Å². The summed E-state index contributed by atoms with van der Waals surface area (Å²) in [6.07, 6.45) is 9.90. The van der Waals surface area contributed by atoms with Crippen molar-refractivity contribution < 1.29 is 29.3 Å². The first-order chi connectivity index (χ1) is 17.3. The average Bonchev–Trinajstić information content (AvgIpc) is 2.85. The van der Waals surface area contributed by atoms with E-state index in [2.05, 4.69) is 19.1 Å². The van der Waals surface area contributed by atoms with Crippen LogP contribution < -0.4 is 9.47 Å². The number of ketones is 1. The van der Waals surface area contributed by atoms with Gasteiger partial charge in [0.1, 0.15) is 17.2 Å². The van der Waals surface area contributed by atoms with Crippen LogP contribution in [0.5, 0.6) is 17.2 Å². The number of phenolic OH excluding ortho intramolecular Hbond substituents is 1. The van der Waals surface area contributed by atoms with Gasteiger partial charge in [0, 0.05) is 18.1 Å². The Labute approximate surface area is 214 Å². The van der Waals surface area contributed by atoms with Gasteiger partial charge in [0.2, 0.25) is 0 Å². The smallest absolute Gasteiger partial charge is 0.327 e. The molecule has 6 nitrogen and oxygen atoms in total. The molecule has 1 aliphatic carbocycles. The van der Waals surface area contributed by atoms with Gasteiger partial charge in [-0.1, -0.05) is 38.8 Å². The quantitative estimate of drug-likeness (QED) is 0.199. The number of carboxylic acid groups (broad SMARTS) is 1. The maximum absolute atomic E-state index is 11.8. The average molecular weight is 495 g/mol. The number of aromatic hydroxyl groups is 1. The molecule has 6 heteroatoms. The van der Waals surface area contributed by atoms with Crippen LogP contribution in [0.25, 0.3) is 0 Å². The number of allylic oxidation sites excluding steroid dienone is 1. The van der Waals surface area contributed by atoms with E-state index in [1.54, 1.807) is 12.1 Å². The lowest BCUT2D eigenvalue weighted by Gasteiger charge is -2.26. The second-order valence-electron chi connectivity index (χ2n) is 9.43. The lowest BCUT2D eigenvalue weighted by Crippen LogP contribution is -2.16. The van der Waals surface area contributed by atoms with Crippen LogP contribution >= 0.6 is 0 Å². The van der Waals surface area contributed by atoms with Crippen LogP contribution in [0, 0.1) is 5.92 Å². The van der Waals surface area contributed by atoms with Crippen LogP contribution in [0.4, 0.5) is 0 Å². The first kappa shape index (κ1) is 27.3. The third-order valence-electron chi connectivity index (χ3n) is 6.67. The summed E-state index contributed by atoms with van der Waals surface area (Å²) in [6, 6.07) is 7.59. The molecular weight excluding hydrogens is 456 g/mol. The van der Waals surface area contributed by atoms with Crippen molar-refractivity contribution in [2.45, 2.75) is 72.1 Å². The van der Waals surface area contributed by atoms with Gasteiger partial charge in [-0.25, -0.2) is 4.79 Å². The van der Waals surface area contributed by atoms with Gasteiger partial charge in [-0.15, -0.1) is 0 Å². The van der Waals surface area contributed by atoms with Crippen LogP contribution in [0.2, 0.25) is 0 Å². The standard InChI is InChI=1S/C30H38O6/c1-4-7-24-26-19-21(10-16-29(32)33)9-11-22(26)12-14-27(24)35-17-6-18-36-28-15-13-23(20(3)31)30(34)25(28)8-5-2/h10,12-16,21,34H,4-9,11,17-19H2,1-3H3,(H,32,33). The summed E-state index contributed by atoms with van der Waals surface area (Å²) in [4.78, 5) is 22.7. The number of ether oxygens (including phenoxy) is 2. The normalized spacial score (nSPS) is 15.0. The van der Waals surface area contributed by atoms with E-state index in [1.807, 2.05) is 13.0 Å². The molecule has 0 heterocycles. The van der Waals surface area contributed by atoms with Gasteiger partial charge in [-0.3, -0.25) is 4.79 Å². The zero-order chi connectivity index (χ0) is 26.1. The van der Waals surface area contributed by atoms with Crippen LogP contribution in [0.1, 0.15) is 79.1 Å². The second kappa shape index (κ2) is 13.1. The first-order valence-corrected chi connectivity index (χ1v) is 13.0. The molecule has 2 aromatic rings. The lowest BCUT2D eigenvalue weighted by atomic mass is 9.80. The number of phenols is 1. The summed E-state index contributed by atoms with van der Waals surface area (Å²) < 4.78 is 12.2. The maximum atomic E-state index is 11.8. The molecule has 1 unspecified atom stereocenters. The number of hydrogen-bond donors (Lipinski definition) is 2. The topological polar surface area (TPSA) is 93.1 Å². The highest BCUT2D eigenvalue weighted by Gasteiger charge is 2.22. The largest absolute Gasteiger partial charge is 0.507 e. The van der Waals surface area contributed by atoms with E-state index in [0.29, 0.717) is 42.9 Å². The van der Waals surface area contributed by atoms with Gasteiger partial charge in [-0.2, -0.15) is 0 Å². The fraction of sp³-hybridized carbons (Fsp3) is 0.467. The number of fused-ring (bicyclic) bond motifs is 1. The van der Waals surface area contributed by atoms with Crippen molar-refractivity contribution in [1.29, 1.82) is 0 Å². The Morgan fingerprint density at radius 2 is 1.64 bits per heavy atom. The molecule has 0 saturated carbocycles. The monoisotopic (exact) mass is 494 g/mol. The molecule has 0 fully saturated rings. The van der Waals surface area contributed by atoms with E-state index >= 15 is 0 Å². The van der Waals surface area contributed by atoms with Gasteiger partial charge in [-0.05, 0) is 79.8 Å². The van der Waals surface area contributed by atoms with Crippen LogP contribution in [0.15, 0.2) is 36.4 Å². The summed E-state index contributed by atoms with van der Waals surface area (Å²) in [7, 11) is 0. The Kier molecular flexibility index (Phi) is 9.97. The van der Waals surface area contributed by atoms with Crippen molar-refractivity contribution in [3.8, 4) is 17.2 Å². The van der Waals surface area contributed by atoms with Gasteiger partial charge in [0.25, 0.3) is 0 Å². The highest BCUT2D eigenvalue weighted by atomic mass is 16.5. The molecule has 1 atom stereocenters. The SMILES string of the molecule is CCCc1c(OCCCOc2ccc3c(c2CCC)CC(C=CC(=O)O)CC3)ccc(C(C)=O)c1O. The van der Waals surface area contributed by atoms with E-state index in [4.69, 9.17) is 14.6 Å². The Morgan fingerprint density at radius 1 is 1.00 bits per heavy atom. The van der Waals surface area contributed by atoms with Crippen LogP contribution in [-0.2, 0) is 30.5 Å². The molecule has 194 valence electrons. The van der Waals surface area contributed by atoms with Crippen molar-refractivity contribution in [1.82, 2.24) is 0 Å². The molecule has 1 aliphatic rings. The van der Waals surface area contributed by atoms with Crippen molar-refractivity contribution in [3.05, 3.63) is 64.2 Å². The Hall–Kier alpha value is -3.28. The van der Waals surface area contributed by atoms with E-state index in [1.165, 1.54) is 29.7 Å². The van der Waals surface area contributed by atoms with E-state index in [9.17, 15) is 14.7 Å². The minimum atomic E-state index is -0.902. The Balaban J connectivity index is 1.63. The third-order valence-corrected chi connectivity index (χ3v) is 6.67. The van der Waals surface area contributed by atoms with Crippen molar-refractivity contribution in [3.63, 3.8) is 0 Å². The van der Waals surface area contributed by atoms with Crippen molar-refractivity contribution >= 4 is 11.8 Å². The number of hydrogen-bond acceptors (Lipinski definition) is 5. The fourth-order valence-electron chi connectivity index (χ4n) is 4.91. The zero-order valence-electron chi connectivity index (χ0n) is 21.6. The molecule has 2 aromatic carbocycles. The minimum absolute atomic E-state index is 0.0212. The van der Waals surface area contributed by atoms with Crippen LogP contribution in [0.3, 0.4) is 0 Å². The summed E-state index contributed by atoms with van der Waals surface area (Å²) in [5.74, 6) is 0.695. The lowest BCUT2D eigenvalue weighted by molar-refractivity contribution is -0.131. The molecule has 0 aliphatic heterocycles. The number of carboxylic acids is 1.